The molecule has 1 aromatic carbocycles. The number of nitrogens with two attached hydrogens (primary N) is 1. The number of hydrogen-bond donors (Lipinski definition) is 2. The fourth-order valence-electron chi connectivity index (χ4n) is 2.49. The SMILES string of the molecule is COC1=CC=C(CN(c2ncns2)S(=O)(=O)c2ccc(N)c(O)c2)CC1. The first-order valence-electron chi connectivity index (χ1n) is 7.72. The molecule has 0 bridgehead atoms. The Hall–Kier alpha value is -2.59. The number of ether oxygens (including phenoxy) is 1. The lowest BCUT2D eigenvalue weighted by Gasteiger charge is -2.24. The van der Waals surface area contributed by atoms with Crippen molar-refractivity contribution < 1.29 is 18.3 Å². The van der Waals surface area contributed by atoms with Crippen molar-refractivity contribution in [1.82, 2.24) is 9.36 Å². The Morgan fingerprint density at radius 2 is 2.15 bits per heavy atom. The van der Waals surface area contributed by atoms with E-state index in [1.54, 1.807) is 7.11 Å². The topological polar surface area (TPSA) is 119 Å². The zero-order valence-corrected chi connectivity index (χ0v) is 15.6. The second-order valence-corrected chi connectivity index (χ2v) is 8.24. The van der Waals surface area contributed by atoms with Crippen molar-refractivity contribution in [3.8, 4) is 5.75 Å². The number of aromatic nitrogens is 2. The second-order valence-electron chi connectivity index (χ2n) is 5.62. The number of anilines is 2. The zero-order valence-electron chi connectivity index (χ0n) is 14.0. The smallest absolute Gasteiger partial charge is 0.266 e. The van der Waals surface area contributed by atoms with E-state index in [2.05, 4.69) is 9.36 Å². The molecule has 2 aromatic rings. The molecule has 0 amide bonds. The predicted molar refractivity (Wildman–Crippen MR) is 99.4 cm³/mol. The molecular weight excluding hydrogens is 376 g/mol. The summed E-state index contributed by atoms with van der Waals surface area (Å²) in [7, 11) is -2.34. The van der Waals surface area contributed by atoms with Gasteiger partial charge in [0.2, 0.25) is 5.13 Å². The Morgan fingerprint density at radius 1 is 1.35 bits per heavy atom. The zero-order chi connectivity index (χ0) is 18.7. The molecule has 0 fully saturated rings. The van der Waals surface area contributed by atoms with E-state index in [0.29, 0.717) is 12.8 Å². The van der Waals surface area contributed by atoms with Crippen LogP contribution in [0.25, 0.3) is 0 Å². The van der Waals surface area contributed by atoms with Crippen molar-refractivity contribution in [1.29, 1.82) is 0 Å². The predicted octanol–water partition coefficient (Wildman–Crippen LogP) is 2.27. The summed E-state index contributed by atoms with van der Waals surface area (Å²) in [6.45, 7) is 0.135. The van der Waals surface area contributed by atoms with E-state index in [1.165, 1.54) is 22.8 Å². The first-order chi connectivity index (χ1) is 12.4. The first kappa shape index (κ1) is 18.2. The van der Waals surface area contributed by atoms with Crippen molar-refractivity contribution in [3.05, 3.63) is 48.0 Å². The number of nitrogen functional groups attached to an aromatic ring is 1. The van der Waals surface area contributed by atoms with Crippen LogP contribution in [-0.4, -0.2) is 36.5 Å². The number of benzene rings is 1. The molecule has 10 heteroatoms. The third-order valence-corrected chi connectivity index (χ3v) is 6.50. The summed E-state index contributed by atoms with van der Waals surface area (Å²) in [6, 6.07) is 3.85. The van der Waals surface area contributed by atoms with E-state index in [1.807, 2.05) is 12.2 Å². The van der Waals surface area contributed by atoms with Gasteiger partial charge < -0.3 is 15.6 Å². The Kier molecular flexibility index (Phi) is 5.14. The molecule has 0 spiro atoms. The van der Waals surface area contributed by atoms with Crippen LogP contribution in [0.3, 0.4) is 0 Å². The van der Waals surface area contributed by atoms with E-state index in [9.17, 15) is 13.5 Å². The van der Waals surface area contributed by atoms with Gasteiger partial charge in [-0.3, -0.25) is 0 Å². The maximum Gasteiger partial charge on any atom is 0.266 e. The lowest BCUT2D eigenvalue weighted by Crippen LogP contribution is -2.33. The van der Waals surface area contributed by atoms with Crippen LogP contribution in [0.15, 0.2) is 52.9 Å². The standard InChI is InChI=1S/C16H18N4O4S2/c1-24-12-4-2-11(3-5-12)9-20(16-18-10-19-25-16)26(22,23)13-6-7-14(17)15(21)8-13/h2,4,6-8,10,21H,3,5,9,17H2,1H3. The van der Waals surface area contributed by atoms with Crippen LogP contribution in [-0.2, 0) is 14.8 Å². The molecule has 0 saturated heterocycles. The van der Waals surface area contributed by atoms with Crippen molar-refractivity contribution in [3.63, 3.8) is 0 Å². The van der Waals surface area contributed by atoms with Gasteiger partial charge >= 0.3 is 0 Å². The number of phenols is 1. The molecule has 26 heavy (non-hydrogen) atoms. The molecule has 3 rings (SSSR count). The van der Waals surface area contributed by atoms with Gasteiger partial charge in [0.05, 0.1) is 30.0 Å². The molecule has 1 aliphatic carbocycles. The molecule has 1 aliphatic rings. The number of nitrogens with zero attached hydrogens (tertiary/aromatic N) is 3. The fourth-order valence-corrected chi connectivity index (χ4v) is 4.67. The van der Waals surface area contributed by atoms with Crippen molar-refractivity contribution >= 4 is 32.4 Å². The van der Waals surface area contributed by atoms with E-state index in [0.717, 1.165) is 28.9 Å². The van der Waals surface area contributed by atoms with Gasteiger partial charge in [-0.2, -0.15) is 4.37 Å². The maximum atomic E-state index is 13.1. The molecule has 0 saturated carbocycles. The van der Waals surface area contributed by atoms with Crippen LogP contribution in [0.5, 0.6) is 5.75 Å². The number of hydrogen-bond acceptors (Lipinski definition) is 8. The molecule has 0 atom stereocenters. The summed E-state index contributed by atoms with van der Waals surface area (Å²) < 4.78 is 36.6. The normalized spacial score (nSPS) is 14.5. The molecular formula is C16H18N4O4S2. The van der Waals surface area contributed by atoms with Gasteiger partial charge in [-0.15, -0.1) is 0 Å². The molecule has 0 unspecified atom stereocenters. The molecule has 138 valence electrons. The molecule has 0 aliphatic heterocycles. The average molecular weight is 394 g/mol. The average Bonchev–Trinajstić information content (AvgIpc) is 3.16. The number of aromatic hydroxyl groups is 1. The van der Waals surface area contributed by atoms with E-state index in [4.69, 9.17) is 10.5 Å². The largest absolute Gasteiger partial charge is 0.506 e. The van der Waals surface area contributed by atoms with Crippen LogP contribution in [0.1, 0.15) is 12.8 Å². The Balaban J connectivity index is 1.98. The minimum atomic E-state index is -3.95. The van der Waals surface area contributed by atoms with Gasteiger partial charge in [0.25, 0.3) is 10.0 Å². The van der Waals surface area contributed by atoms with Gasteiger partial charge in [-0.25, -0.2) is 17.7 Å². The third kappa shape index (κ3) is 3.65. The van der Waals surface area contributed by atoms with Crippen LogP contribution in [0.2, 0.25) is 0 Å². The van der Waals surface area contributed by atoms with E-state index in [-0.39, 0.29) is 28.0 Å². The van der Waals surface area contributed by atoms with Crippen molar-refractivity contribution in [2.75, 3.05) is 23.7 Å². The molecule has 1 aromatic heterocycles. The van der Waals surface area contributed by atoms with Gasteiger partial charge in [-0.05, 0) is 30.2 Å². The van der Waals surface area contributed by atoms with Crippen LogP contribution in [0, 0.1) is 0 Å². The van der Waals surface area contributed by atoms with Gasteiger partial charge in [0.1, 0.15) is 12.1 Å². The van der Waals surface area contributed by atoms with E-state index >= 15 is 0 Å². The highest BCUT2D eigenvalue weighted by molar-refractivity contribution is 7.93. The number of phenolic OH excluding ortho intramolecular Hbond substituents is 1. The molecule has 8 nitrogen and oxygen atoms in total. The summed E-state index contributed by atoms with van der Waals surface area (Å²) >= 11 is 0.985. The second kappa shape index (κ2) is 7.34. The number of allylic oxidation sites excluding steroid dienone is 3. The highest BCUT2D eigenvalue weighted by Gasteiger charge is 2.29. The third-order valence-electron chi connectivity index (χ3n) is 3.96. The first-order valence-corrected chi connectivity index (χ1v) is 9.93. The monoisotopic (exact) mass is 394 g/mol. The maximum absolute atomic E-state index is 13.1. The summed E-state index contributed by atoms with van der Waals surface area (Å²) in [6.07, 6.45) is 6.37. The summed E-state index contributed by atoms with van der Waals surface area (Å²) in [5.74, 6) is 0.565. The Labute approximate surface area is 155 Å². The summed E-state index contributed by atoms with van der Waals surface area (Å²) in [5, 5.41) is 10.0. The van der Waals surface area contributed by atoms with Crippen molar-refractivity contribution in [2.45, 2.75) is 17.7 Å². The lowest BCUT2D eigenvalue weighted by atomic mass is 10.0. The molecule has 0 radical (unpaired) electrons. The van der Waals surface area contributed by atoms with Crippen LogP contribution in [0.4, 0.5) is 10.8 Å². The van der Waals surface area contributed by atoms with Crippen LogP contribution >= 0.6 is 11.5 Å². The van der Waals surface area contributed by atoms with Gasteiger partial charge in [-0.1, -0.05) is 6.08 Å². The quantitative estimate of drug-likeness (QED) is 0.570. The number of sulfonamides is 1. The van der Waals surface area contributed by atoms with Gasteiger partial charge in [0, 0.05) is 24.0 Å². The number of rotatable bonds is 6. The highest BCUT2D eigenvalue weighted by Crippen LogP contribution is 2.31. The highest BCUT2D eigenvalue weighted by atomic mass is 32.2. The molecule has 1 heterocycles. The Morgan fingerprint density at radius 3 is 2.73 bits per heavy atom. The minimum Gasteiger partial charge on any atom is -0.506 e. The van der Waals surface area contributed by atoms with Crippen LogP contribution < -0.4 is 10.0 Å². The summed E-state index contributed by atoms with van der Waals surface area (Å²) in [4.78, 5) is 3.98. The minimum absolute atomic E-state index is 0.0658. The van der Waals surface area contributed by atoms with E-state index < -0.39 is 10.0 Å². The van der Waals surface area contributed by atoms with Gasteiger partial charge in [0.15, 0.2) is 0 Å². The molecule has 3 N–H and O–H groups in total. The fraction of sp³-hybridized carbons (Fsp3) is 0.250. The summed E-state index contributed by atoms with van der Waals surface area (Å²) in [5.41, 5.74) is 6.60. The Bertz CT molecular complexity index is 953. The number of methoxy groups -OCH3 is 1. The lowest BCUT2D eigenvalue weighted by molar-refractivity contribution is 0.275. The van der Waals surface area contributed by atoms with Crippen molar-refractivity contribution in [2.24, 2.45) is 0 Å².